The van der Waals surface area contributed by atoms with Crippen LogP contribution in [0, 0.1) is 0 Å². The Morgan fingerprint density at radius 3 is 2.64 bits per heavy atom. The van der Waals surface area contributed by atoms with E-state index < -0.39 is 0 Å². The Kier molecular flexibility index (Phi) is 4.54. The summed E-state index contributed by atoms with van der Waals surface area (Å²) in [5, 5.41) is 0. The third-order valence-corrected chi connectivity index (χ3v) is 4.23. The second-order valence-electron chi connectivity index (χ2n) is 5.75. The molecule has 0 fully saturated rings. The average molecular weight is 294 g/mol. The van der Waals surface area contributed by atoms with Gasteiger partial charge in [0.05, 0.1) is 0 Å². The summed E-state index contributed by atoms with van der Waals surface area (Å²) in [7, 11) is 0. The van der Waals surface area contributed by atoms with Gasteiger partial charge in [0.1, 0.15) is 0 Å². The molecule has 3 nitrogen and oxygen atoms in total. The van der Waals surface area contributed by atoms with E-state index >= 15 is 0 Å². The van der Waals surface area contributed by atoms with Gasteiger partial charge in [-0.05, 0) is 54.6 Å². The molecule has 0 saturated heterocycles. The van der Waals surface area contributed by atoms with Crippen molar-refractivity contribution in [2.75, 3.05) is 18.0 Å². The van der Waals surface area contributed by atoms with E-state index in [9.17, 15) is 4.79 Å². The predicted molar refractivity (Wildman–Crippen MR) is 90.8 cm³/mol. The number of nitrogens with two attached hydrogens (primary N) is 1. The Hall–Kier alpha value is -2.13. The van der Waals surface area contributed by atoms with E-state index in [0.29, 0.717) is 13.0 Å². The number of unbranched alkanes of at least 4 members (excludes halogenated alkanes) is 1. The van der Waals surface area contributed by atoms with Gasteiger partial charge in [-0.25, -0.2) is 0 Å². The van der Waals surface area contributed by atoms with Gasteiger partial charge in [0.2, 0.25) is 5.91 Å². The van der Waals surface area contributed by atoms with Crippen LogP contribution >= 0.6 is 0 Å². The highest BCUT2D eigenvalue weighted by Crippen LogP contribution is 2.32. The van der Waals surface area contributed by atoms with Crippen LogP contribution in [0.25, 0.3) is 11.1 Å². The minimum atomic E-state index is 0.222. The van der Waals surface area contributed by atoms with Crippen molar-refractivity contribution in [1.29, 1.82) is 0 Å². The van der Waals surface area contributed by atoms with Gasteiger partial charge in [-0.2, -0.15) is 0 Å². The number of anilines is 1. The lowest BCUT2D eigenvalue weighted by Crippen LogP contribution is -2.28. The fraction of sp³-hybridized carbons (Fsp3) is 0.316. The maximum Gasteiger partial charge on any atom is 0.226 e. The van der Waals surface area contributed by atoms with E-state index in [2.05, 4.69) is 42.5 Å². The van der Waals surface area contributed by atoms with Gasteiger partial charge in [-0.1, -0.05) is 36.4 Å². The zero-order valence-corrected chi connectivity index (χ0v) is 12.8. The fourth-order valence-corrected chi connectivity index (χ4v) is 3.03. The number of carbonyl (C=O) groups is 1. The van der Waals surface area contributed by atoms with Crippen molar-refractivity contribution >= 4 is 11.6 Å². The Bertz CT molecular complexity index is 652. The molecule has 1 heterocycles. The van der Waals surface area contributed by atoms with Crippen molar-refractivity contribution in [3.63, 3.8) is 0 Å². The second-order valence-corrected chi connectivity index (χ2v) is 5.75. The van der Waals surface area contributed by atoms with Gasteiger partial charge in [0.25, 0.3) is 0 Å². The van der Waals surface area contributed by atoms with E-state index in [-0.39, 0.29) is 5.91 Å². The van der Waals surface area contributed by atoms with Crippen LogP contribution in [0.15, 0.2) is 48.5 Å². The van der Waals surface area contributed by atoms with E-state index in [1.807, 2.05) is 11.0 Å². The van der Waals surface area contributed by atoms with Crippen LogP contribution in [0.5, 0.6) is 0 Å². The van der Waals surface area contributed by atoms with Crippen molar-refractivity contribution in [3.8, 4) is 11.1 Å². The lowest BCUT2D eigenvalue weighted by molar-refractivity contribution is -0.118. The number of carbonyl (C=O) groups excluding carboxylic acids is 1. The first-order chi connectivity index (χ1) is 10.8. The molecule has 0 bridgehead atoms. The maximum absolute atomic E-state index is 12.3. The minimum absolute atomic E-state index is 0.222. The zero-order chi connectivity index (χ0) is 15.4. The number of nitrogens with zero attached hydrogens (tertiary/aromatic N) is 1. The van der Waals surface area contributed by atoms with Gasteiger partial charge < -0.3 is 10.6 Å². The molecule has 3 rings (SSSR count). The van der Waals surface area contributed by atoms with Crippen LogP contribution in [0.1, 0.15) is 24.8 Å². The van der Waals surface area contributed by atoms with Crippen LogP contribution in [-0.4, -0.2) is 19.0 Å². The molecule has 0 aliphatic carbocycles. The molecule has 0 radical (unpaired) electrons. The minimum Gasteiger partial charge on any atom is -0.330 e. The topological polar surface area (TPSA) is 46.3 Å². The Morgan fingerprint density at radius 2 is 1.86 bits per heavy atom. The maximum atomic E-state index is 12.3. The normalized spacial score (nSPS) is 13.2. The molecule has 1 aliphatic heterocycles. The molecule has 2 aromatic rings. The average Bonchev–Trinajstić information content (AvgIpc) is 2.99. The molecule has 1 amide bonds. The summed E-state index contributed by atoms with van der Waals surface area (Å²) in [5.74, 6) is 0.222. The Labute approximate surface area is 131 Å². The Morgan fingerprint density at radius 1 is 1.05 bits per heavy atom. The molecule has 22 heavy (non-hydrogen) atoms. The molecule has 2 aromatic carbocycles. The van der Waals surface area contributed by atoms with Crippen LogP contribution < -0.4 is 10.6 Å². The highest BCUT2D eigenvalue weighted by atomic mass is 16.2. The van der Waals surface area contributed by atoms with E-state index in [1.54, 1.807) is 0 Å². The number of hydrogen-bond acceptors (Lipinski definition) is 2. The molecule has 0 atom stereocenters. The Balaban J connectivity index is 1.77. The van der Waals surface area contributed by atoms with Crippen molar-refractivity contribution in [2.45, 2.75) is 25.7 Å². The predicted octanol–water partition coefficient (Wildman–Crippen LogP) is 3.37. The number of benzene rings is 2. The SMILES string of the molecule is NCCCCC(=O)N1CCc2cc(-c3ccccc3)ccc21. The summed E-state index contributed by atoms with van der Waals surface area (Å²) in [6.45, 7) is 1.46. The molecule has 2 N–H and O–H groups in total. The summed E-state index contributed by atoms with van der Waals surface area (Å²) in [5.41, 5.74) is 10.3. The van der Waals surface area contributed by atoms with E-state index in [4.69, 9.17) is 5.73 Å². The molecular formula is C19H22N2O. The smallest absolute Gasteiger partial charge is 0.226 e. The molecule has 0 saturated carbocycles. The van der Waals surface area contributed by atoms with Crippen molar-refractivity contribution in [3.05, 3.63) is 54.1 Å². The summed E-state index contributed by atoms with van der Waals surface area (Å²) in [4.78, 5) is 14.3. The number of fused-ring (bicyclic) bond motifs is 1. The molecule has 0 unspecified atom stereocenters. The zero-order valence-electron chi connectivity index (χ0n) is 12.8. The summed E-state index contributed by atoms with van der Waals surface area (Å²) < 4.78 is 0. The van der Waals surface area contributed by atoms with Crippen LogP contribution in [0.2, 0.25) is 0 Å². The fourth-order valence-electron chi connectivity index (χ4n) is 3.03. The molecule has 114 valence electrons. The highest BCUT2D eigenvalue weighted by molar-refractivity contribution is 5.95. The molecule has 0 aromatic heterocycles. The first-order valence-corrected chi connectivity index (χ1v) is 7.98. The molecule has 1 aliphatic rings. The van der Waals surface area contributed by atoms with Gasteiger partial charge >= 0.3 is 0 Å². The molecule has 0 spiro atoms. The molecule has 3 heteroatoms. The van der Waals surface area contributed by atoms with Crippen molar-refractivity contribution < 1.29 is 4.79 Å². The monoisotopic (exact) mass is 294 g/mol. The quantitative estimate of drug-likeness (QED) is 0.859. The van der Waals surface area contributed by atoms with Gasteiger partial charge in [0, 0.05) is 18.7 Å². The van der Waals surface area contributed by atoms with Crippen molar-refractivity contribution in [2.24, 2.45) is 5.73 Å². The van der Waals surface area contributed by atoms with E-state index in [1.165, 1.54) is 16.7 Å². The number of rotatable bonds is 5. The standard InChI is InChI=1S/C19H22N2O/c20-12-5-4-8-19(22)21-13-11-17-14-16(9-10-18(17)21)15-6-2-1-3-7-15/h1-3,6-7,9-10,14H,4-5,8,11-13,20H2. The lowest BCUT2D eigenvalue weighted by Gasteiger charge is -2.17. The molecular weight excluding hydrogens is 272 g/mol. The van der Waals surface area contributed by atoms with Gasteiger partial charge in [-0.3, -0.25) is 4.79 Å². The lowest BCUT2D eigenvalue weighted by atomic mass is 10.0. The number of hydrogen-bond donors (Lipinski definition) is 1. The third-order valence-electron chi connectivity index (χ3n) is 4.23. The van der Waals surface area contributed by atoms with Crippen LogP contribution in [0.3, 0.4) is 0 Å². The largest absolute Gasteiger partial charge is 0.330 e. The first kappa shape index (κ1) is 14.8. The van der Waals surface area contributed by atoms with E-state index in [0.717, 1.165) is 31.5 Å². The number of amides is 1. The third kappa shape index (κ3) is 3.04. The second kappa shape index (κ2) is 6.75. The van der Waals surface area contributed by atoms with Gasteiger partial charge in [-0.15, -0.1) is 0 Å². The summed E-state index contributed by atoms with van der Waals surface area (Å²) >= 11 is 0. The van der Waals surface area contributed by atoms with Crippen molar-refractivity contribution in [1.82, 2.24) is 0 Å². The van der Waals surface area contributed by atoms with Crippen LogP contribution in [-0.2, 0) is 11.2 Å². The van der Waals surface area contributed by atoms with Gasteiger partial charge in [0.15, 0.2) is 0 Å². The first-order valence-electron chi connectivity index (χ1n) is 7.98. The summed E-state index contributed by atoms with van der Waals surface area (Å²) in [6.07, 6.45) is 3.33. The highest BCUT2D eigenvalue weighted by Gasteiger charge is 2.24. The summed E-state index contributed by atoms with van der Waals surface area (Å²) in [6, 6.07) is 16.8. The van der Waals surface area contributed by atoms with Crippen LogP contribution in [0.4, 0.5) is 5.69 Å².